The van der Waals surface area contributed by atoms with Gasteiger partial charge in [-0.1, -0.05) is 18.5 Å². The highest BCUT2D eigenvalue weighted by Gasteiger charge is 2.28. The fourth-order valence-electron chi connectivity index (χ4n) is 4.00. The monoisotopic (exact) mass is 469 g/mol. The summed E-state index contributed by atoms with van der Waals surface area (Å²) >= 11 is 5.86. The summed E-state index contributed by atoms with van der Waals surface area (Å²) in [6.07, 6.45) is 4.93. The molecule has 9 heteroatoms. The number of carbonyl (C=O) groups excluding carboxylic acids is 3. The van der Waals surface area contributed by atoms with Crippen molar-refractivity contribution in [2.75, 3.05) is 17.7 Å². The number of pyridine rings is 1. The molecule has 0 aliphatic heterocycles. The van der Waals surface area contributed by atoms with Gasteiger partial charge < -0.3 is 19.8 Å². The second-order valence-corrected chi connectivity index (χ2v) is 8.71. The van der Waals surface area contributed by atoms with Crippen LogP contribution in [0.2, 0.25) is 5.02 Å². The van der Waals surface area contributed by atoms with Gasteiger partial charge in [-0.15, -0.1) is 0 Å². The summed E-state index contributed by atoms with van der Waals surface area (Å²) in [4.78, 5) is 42.2. The summed E-state index contributed by atoms with van der Waals surface area (Å²) in [7, 11) is 1.28. The second kappa shape index (κ2) is 9.62. The van der Waals surface area contributed by atoms with Crippen molar-refractivity contribution < 1.29 is 23.5 Å². The molecule has 0 unspecified atom stereocenters. The Kier molecular flexibility index (Phi) is 6.65. The van der Waals surface area contributed by atoms with E-state index in [9.17, 15) is 14.4 Å². The van der Waals surface area contributed by atoms with Gasteiger partial charge in [-0.3, -0.25) is 9.59 Å². The zero-order valence-electron chi connectivity index (χ0n) is 18.3. The SMILES string of the molecule is COC(=O)c1ccc2oc(C(=O)Nc3ccc(Cl)cn3)c(NC(=O)C3CCC(C)CC3)c2c1. The molecule has 172 valence electrons. The highest BCUT2D eigenvalue weighted by atomic mass is 35.5. The fourth-order valence-corrected chi connectivity index (χ4v) is 4.11. The maximum absolute atomic E-state index is 13.1. The molecular weight excluding hydrogens is 446 g/mol. The van der Waals surface area contributed by atoms with E-state index in [1.54, 1.807) is 24.3 Å². The minimum Gasteiger partial charge on any atom is -0.465 e. The minimum absolute atomic E-state index is 0.0821. The molecule has 4 rings (SSSR count). The highest BCUT2D eigenvalue weighted by molar-refractivity contribution is 6.30. The number of furan rings is 1. The maximum atomic E-state index is 13.1. The number of hydrogen-bond acceptors (Lipinski definition) is 6. The zero-order valence-corrected chi connectivity index (χ0v) is 19.1. The first-order chi connectivity index (χ1) is 15.9. The van der Waals surface area contributed by atoms with Gasteiger partial charge >= 0.3 is 5.97 Å². The third-order valence-electron chi connectivity index (χ3n) is 5.92. The van der Waals surface area contributed by atoms with Crippen LogP contribution in [0.5, 0.6) is 0 Å². The Morgan fingerprint density at radius 3 is 2.52 bits per heavy atom. The molecule has 33 heavy (non-hydrogen) atoms. The number of nitrogens with one attached hydrogen (secondary N) is 2. The quantitative estimate of drug-likeness (QED) is 0.491. The number of amides is 2. The van der Waals surface area contributed by atoms with Crippen LogP contribution < -0.4 is 10.6 Å². The van der Waals surface area contributed by atoms with Crippen molar-refractivity contribution in [3.8, 4) is 0 Å². The number of anilines is 2. The van der Waals surface area contributed by atoms with E-state index in [2.05, 4.69) is 22.5 Å². The van der Waals surface area contributed by atoms with Crippen LogP contribution in [-0.2, 0) is 9.53 Å². The summed E-state index contributed by atoms with van der Waals surface area (Å²) in [5, 5.41) is 6.41. The molecule has 2 heterocycles. The molecule has 0 radical (unpaired) electrons. The third kappa shape index (κ3) is 5.01. The standard InChI is InChI=1S/C24H24ClN3O5/c1-13-3-5-14(6-4-13)22(29)28-20-17-11-15(24(31)32-2)7-9-18(17)33-21(20)23(30)27-19-10-8-16(25)12-26-19/h7-14H,3-6H2,1-2H3,(H,28,29)(H,26,27,30). The van der Waals surface area contributed by atoms with Crippen molar-refractivity contribution in [1.29, 1.82) is 0 Å². The number of nitrogens with zero attached hydrogens (tertiary/aromatic N) is 1. The van der Waals surface area contributed by atoms with E-state index in [4.69, 9.17) is 20.8 Å². The van der Waals surface area contributed by atoms with Crippen molar-refractivity contribution in [2.24, 2.45) is 11.8 Å². The molecule has 2 aromatic heterocycles. The van der Waals surface area contributed by atoms with E-state index in [0.717, 1.165) is 25.7 Å². The summed E-state index contributed by atoms with van der Waals surface area (Å²) in [6.45, 7) is 2.18. The smallest absolute Gasteiger partial charge is 0.337 e. The molecule has 2 amide bonds. The number of halogens is 1. The Morgan fingerprint density at radius 2 is 1.85 bits per heavy atom. The molecule has 0 saturated heterocycles. The summed E-state index contributed by atoms with van der Waals surface area (Å²) in [5.74, 6) is -0.656. The molecule has 2 N–H and O–H groups in total. The number of methoxy groups -OCH3 is 1. The van der Waals surface area contributed by atoms with Crippen LogP contribution in [0.25, 0.3) is 11.0 Å². The number of rotatable bonds is 5. The van der Waals surface area contributed by atoms with Crippen LogP contribution in [0.1, 0.15) is 53.5 Å². The lowest BCUT2D eigenvalue weighted by Crippen LogP contribution is -2.27. The molecule has 1 aromatic carbocycles. The van der Waals surface area contributed by atoms with E-state index in [0.29, 0.717) is 21.9 Å². The lowest BCUT2D eigenvalue weighted by molar-refractivity contribution is -0.121. The third-order valence-corrected chi connectivity index (χ3v) is 6.14. The molecule has 0 atom stereocenters. The first kappa shape index (κ1) is 22.8. The molecular formula is C24H24ClN3O5. The van der Waals surface area contributed by atoms with Crippen LogP contribution in [0.3, 0.4) is 0 Å². The molecule has 0 spiro atoms. The normalized spacial score (nSPS) is 18.0. The van der Waals surface area contributed by atoms with Gasteiger partial charge in [-0.2, -0.15) is 0 Å². The maximum Gasteiger partial charge on any atom is 0.337 e. The number of fused-ring (bicyclic) bond motifs is 1. The molecule has 8 nitrogen and oxygen atoms in total. The van der Waals surface area contributed by atoms with Gasteiger partial charge in [-0.05, 0) is 61.9 Å². The number of ether oxygens (including phenoxy) is 1. The molecule has 1 aliphatic carbocycles. The van der Waals surface area contributed by atoms with E-state index < -0.39 is 11.9 Å². The van der Waals surface area contributed by atoms with E-state index in [1.807, 2.05) is 0 Å². The lowest BCUT2D eigenvalue weighted by Gasteiger charge is -2.25. The van der Waals surface area contributed by atoms with Gasteiger partial charge in [0.1, 0.15) is 17.1 Å². The second-order valence-electron chi connectivity index (χ2n) is 8.27. The van der Waals surface area contributed by atoms with Crippen molar-refractivity contribution in [3.05, 3.63) is 52.9 Å². The number of hydrogen-bond donors (Lipinski definition) is 2. The highest BCUT2D eigenvalue weighted by Crippen LogP contribution is 2.35. The number of esters is 1. The van der Waals surface area contributed by atoms with Crippen molar-refractivity contribution in [2.45, 2.75) is 32.6 Å². The molecule has 3 aromatic rings. The largest absolute Gasteiger partial charge is 0.465 e. The zero-order chi connectivity index (χ0) is 23.5. The van der Waals surface area contributed by atoms with E-state index >= 15 is 0 Å². The molecule has 1 fully saturated rings. The van der Waals surface area contributed by atoms with Crippen molar-refractivity contribution in [3.63, 3.8) is 0 Å². The first-order valence-electron chi connectivity index (χ1n) is 10.7. The average molecular weight is 470 g/mol. The minimum atomic E-state index is -0.590. The van der Waals surface area contributed by atoms with Crippen LogP contribution in [-0.4, -0.2) is 29.9 Å². The predicted molar refractivity (Wildman–Crippen MR) is 125 cm³/mol. The average Bonchev–Trinajstić information content (AvgIpc) is 3.18. The lowest BCUT2D eigenvalue weighted by atomic mass is 9.82. The van der Waals surface area contributed by atoms with Crippen molar-refractivity contribution >= 4 is 51.9 Å². The molecule has 1 saturated carbocycles. The molecule has 1 aliphatic rings. The Labute approximate surface area is 195 Å². The van der Waals surface area contributed by atoms with Gasteiger partial charge in [0, 0.05) is 17.5 Å². The van der Waals surface area contributed by atoms with E-state index in [1.165, 1.54) is 19.4 Å². The number of benzene rings is 1. The fraction of sp³-hybridized carbons (Fsp3) is 0.333. The Hall–Kier alpha value is -3.39. The van der Waals surface area contributed by atoms with Gasteiger partial charge in [0.25, 0.3) is 5.91 Å². The number of aromatic nitrogens is 1. The number of carbonyl (C=O) groups is 3. The summed E-state index contributed by atoms with van der Waals surface area (Å²) < 4.78 is 10.6. The summed E-state index contributed by atoms with van der Waals surface area (Å²) in [6, 6.07) is 7.80. The van der Waals surface area contributed by atoms with Gasteiger partial charge in [0.15, 0.2) is 0 Å². The van der Waals surface area contributed by atoms with Gasteiger partial charge in [0.05, 0.1) is 17.7 Å². The summed E-state index contributed by atoms with van der Waals surface area (Å²) in [5.41, 5.74) is 0.842. The van der Waals surface area contributed by atoms with Gasteiger partial charge in [-0.25, -0.2) is 9.78 Å². The van der Waals surface area contributed by atoms with Crippen LogP contribution >= 0.6 is 11.6 Å². The van der Waals surface area contributed by atoms with E-state index in [-0.39, 0.29) is 34.7 Å². The van der Waals surface area contributed by atoms with Gasteiger partial charge in [0.2, 0.25) is 11.7 Å². The Bertz CT molecular complexity index is 1200. The predicted octanol–water partition coefficient (Wildman–Crippen LogP) is 5.28. The van der Waals surface area contributed by atoms with Crippen molar-refractivity contribution in [1.82, 2.24) is 4.98 Å². The van der Waals surface area contributed by atoms with Crippen LogP contribution in [0.4, 0.5) is 11.5 Å². The first-order valence-corrected chi connectivity index (χ1v) is 11.1. The van der Waals surface area contributed by atoms with Crippen LogP contribution in [0.15, 0.2) is 40.9 Å². The van der Waals surface area contributed by atoms with Crippen LogP contribution in [0, 0.1) is 11.8 Å². The Balaban J connectivity index is 1.69. The topological polar surface area (TPSA) is 111 Å². The Morgan fingerprint density at radius 1 is 1.09 bits per heavy atom. The molecule has 0 bridgehead atoms.